The zero-order chi connectivity index (χ0) is 10.4. The Morgan fingerprint density at radius 3 is 1.43 bits per heavy atom. The molecule has 0 saturated heterocycles. The Morgan fingerprint density at radius 1 is 0.929 bits per heavy atom. The Bertz CT molecular complexity index is 242. The molecule has 0 aliphatic rings. The van der Waals surface area contributed by atoms with Gasteiger partial charge in [-0.1, -0.05) is 0 Å². The molecule has 0 aromatic carbocycles. The van der Waals surface area contributed by atoms with Crippen LogP contribution < -0.4 is 0 Å². The zero-order valence-electron chi connectivity index (χ0n) is 9.06. The summed E-state index contributed by atoms with van der Waals surface area (Å²) in [6.45, 7) is 0. The second-order valence-electron chi connectivity index (χ2n) is 1.99. The van der Waals surface area contributed by atoms with E-state index < -0.39 is 36.7 Å². The van der Waals surface area contributed by atoms with Crippen molar-refractivity contribution in [2.75, 3.05) is 0 Å². The van der Waals surface area contributed by atoms with E-state index >= 15 is 0 Å². The fraction of sp³-hybridized carbons (Fsp3) is 0.333. The van der Waals surface area contributed by atoms with Gasteiger partial charge >= 0.3 is 61.6 Å². The van der Waals surface area contributed by atoms with Gasteiger partial charge in [0, 0.05) is 0 Å². The van der Waals surface area contributed by atoms with Crippen LogP contribution in [0.4, 0.5) is 0 Å². The number of hydrogen-bond donors (Lipinski definition) is 2. The van der Waals surface area contributed by atoms with Crippen molar-refractivity contribution in [3.63, 3.8) is 0 Å². The van der Waals surface area contributed by atoms with Crippen LogP contribution >= 0.6 is 0 Å². The Labute approximate surface area is 111 Å². The van der Waals surface area contributed by atoms with Gasteiger partial charge in [0.2, 0.25) is 0 Å². The topological polar surface area (TPSA) is 118 Å². The molecule has 0 bridgehead atoms. The van der Waals surface area contributed by atoms with Gasteiger partial charge in [-0.15, -0.1) is 0 Å². The molecule has 0 spiro atoms. The molecule has 14 heavy (non-hydrogen) atoms. The summed E-state index contributed by atoms with van der Waals surface area (Å²) in [5.41, 5.74) is 0. The van der Waals surface area contributed by atoms with Crippen molar-refractivity contribution in [1.82, 2.24) is 0 Å². The summed E-state index contributed by atoms with van der Waals surface area (Å²) in [5, 5.41) is 16.1. The number of rotatable bonds is 4. The van der Waals surface area contributed by atoms with E-state index in [4.69, 9.17) is 10.2 Å². The van der Waals surface area contributed by atoms with Gasteiger partial charge in [-0.05, 0) is 0 Å². The Balaban J connectivity index is -0.000000240. The number of esters is 2. The molecule has 0 aliphatic carbocycles. The molecule has 0 aliphatic heterocycles. The van der Waals surface area contributed by atoms with Crippen molar-refractivity contribution in [2.24, 2.45) is 0 Å². The molecule has 0 heterocycles. The minimum Gasteiger partial charge on any atom is -1.00 e. The SMILES string of the molecule is O=C(O)CC(=O)OC(=O)CC(=O)O.[Ca+2].[H-].[H-]. The number of hydrogen-bond acceptors (Lipinski definition) is 5. The largest absolute Gasteiger partial charge is 2.00 e. The molecule has 2 N–H and O–H groups in total. The van der Waals surface area contributed by atoms with E-state index in [9.17, 15) is 19.2 Å². The number of carboxylic acids is 2. The monoisotopic (exact) mass is 232 g/mol. The third-order valence-corrected chi connectivity index (χ3v) is 0.819. The summed E-state index contributed by atoms with van der Waals surface area (Å²) >= 11 is 0. The average Bonchev–Trinajstić information content (AvgIpc) is 1.80. The molecular formula is C6H8CaO7. The molecule has 0 fully saturated rings. The van der Waals surface area contributed by atoms with Crippen LogP contribution in [0.5, 0.6) is 0 Å². The van der Waals surface area contributed by atoms with E-state index in [1.165, 1.54) is 0 Å². The second-order valence-corrected chi connectivity index (χ2v) is 1.99. The predicted molar refractivity (Wildman–Crippen MR) is 43.6 cm³/mol. The first kappa shape index (κ1) is 15.8. The Kier molecular flexibility index (Phi) is 8.71. The molecule has 0 unspecified atom stereocenters. The van der Waals surface area contributed by atoms with E-state index in [1.807, 2.05) is 0 Å². The maximum absolute atomic E-state index is 10.4. The first-order chi connectivity index (χ1) is 5.91. The predicted octanol–water partition coefficient (Wildman–Crippen LogP) is -1.15. The van der Waals surface area contributed by atoms with Crippen LogP contribution in [0, 0.1) is 0 Å². The fourth-order valence-corrected chi connectivity index (χ4v) is 0.446. The maximum Gasteiger partial charge on any atom is 2.00 e. The van der Waals surface area contributed by atoms with Crippen LogP contribution in [0.2, 0.25) is 0 Å². The second kappa shape index (κ2) is 7.72. The third-order valence-electron chi connectivity index (χ3n) is 0.819. The quantitative estimate of drug-likeness (QED) is 0.357. The third kappa shape index (κ3) is 9.43. The number of ether oxygens (including phenoxy) is 1. The molecule has 0 amide bonds. The molecule has 0 radical (unpaired) electrons. The summed E-state index contributed by atoms with van der Waals surface area (Å²) in [5.74, 6) is -5.46. The van der Waals surface area contributed by atoms with Crippen molar-refractivity contribution in [3.8, 4) is 0 Å². The van der Waals surface area contributed by atoms with Crippen molar-refractivity contribution < 1.29 is 37.0 Å². The van der Waals surface area contributed by atoms with Gasteiger partial charge in [0.1, 0.15) is 12.8 Å². The summed E-state index contributed by atoms with van der Waals surface area (Å²) in [6, 6.07) is 0. The molecule has 0 atom stereocenters. The van der Waals surface area contributed by atoms with Gasteiger partial charge in [-0.25, -0.2) is 0 Å². The maximum atomic E-state index is 10.4. The summed E-state index contributed by atoms with van der Waals surface area (Å²) < 4.78 is 3.83. The zero-order valence-corrected chi connectivity index (χ0v) is 9.27. The smallest absolute Gasteiger partial charge is 1.00 e. The van der Waals surface area contributed by atoms with Crippen LogP contribution in [-0.4, -0.2) is 71.8 Å². The summed E-state index contributed by atoms with van der Waals surface area (Å²) in [7, 11) is 0. The van der Waals surface area contributed by atoms with Crippen LogP contribution in [0.1, 0.15) is 15.7 Å². The Hall–Kier alpha value is -0.660. The van der Waals surface area contributed by atoms with E-state index in [0.29, 0.717) is 0 Å². The van der Waals surface area contributed by atoms with E-state index in [2.05, 4.69) is 4.74 Å². The molecule has 76 valence electrons. The summed E-state index contributed by atoms with van der Waals surface area (Å²) in [4.78, 5) is 40.6. The minimum absolute atomic E-state index is 0. The van der Waals surface area contributed by atoms with Gasteiger partial charge in [0.15, 0.2) is 0 Å². The van der Waals surface area contributed by atoms with Crippen molar-refractivity contribution >= 4 is 61.6 Å². The van der Waals surface area contributed by atoms with Crippen molar-refractivity contribution in [1.29, 1.82) is 0 Å². The van der Waals surface area contributed by atoms with Crippen molar-refractivity contribution in [2.45, 2.75) is 12.8 Å². The number of carbonyl (C=O) groups is 4. The molecule has 0 rings (SSSR count). The average molecular weight is 232 g/mol. The van der Waals surface area contributed by atoms with Gasteiger partial charge in [-0.2, -0.15) is 0 Å². The van der Waals surface area contributed by atoms with Crippen LogP contribution in [-0.2, 0) is 23.9 Å². The van der Waals surface area contributed by atoms with E-state index in [1.54, 1.807) is 0 Å². The fourth-order valence-electron chi connectivity index (χ4n) is 0.446. The first-order valence-electron chi connectivity index (χ1n) is 3.09. The first-order valence-corrected chi connectivity index (χ1v) is 3.09. The Morgan fingerprint density at radius 2 is 1.21 bits per heavy atom. The molecule has 7 nitrogen and oxygen atoms in total. The van der Waals surface area contributed by atoms with Gasteiger partial charge in [-0.3, -0.25) is 19.2 Å². The molecule has 0 aromatic heterocycles. The molecule has 0 saturated carbocycles. The van der Waals surface area contributed by atoms with Crippen LogP contribution in [0.3, 0.4) is 0 Å². The number of carbonyl (C=O) groups excluding carboxylic acids is 2. The molecule has 0 aromatic rings. The molecular weight excluding hydrogens is 224 g/mol. The van der Waals surface area contributed by atoms with Gasteiger partial charge in [0.25, 0.3) is 0 Å². The standard InChI is InChI=1S/C6H6O7.Ca.2H/c7-3(8)1-5(11)13-6(12)2-4(9)10;;;/h1-2H2,(H,7,8)(H,9,10);;;/q;+2;2*-1. The van der Waals surface area contributed by atoms with E-state index in [-0.39, 0.29) is 40.6 Å². The number of aliphatic carboxylic acids is 2. The normalized spacial score (nSPS) is 8.29. The van der Waals surface area contributed by atoms with Gasteiger partial charge < -0.3 is 17.8 Å². The number of carboxylic acid groups (broad SMARTS) is 2. The van der Waals surface area contributed by atoms with Crippen molar-refractivity contribution in [3.05, 3.63) is 0 Å². The molecule has 8 heteroatoms. The summed E-state index contributed by atoms with van der Waals surface area (Å²) in [6.07, 6.45) is -1.93. The van der Waals surface area contributed by atoms with Gasteiger partial charge in [0.05, 0.1) is 0 Å². The van der Waals surface area contributed by atoms with E-state index in [0.717, 1.165) is 0 Å². The van der Waals surface area contributed by atoms with Crippen LogP contribution in [0.25, 0.3) is 0 Å². The van der Waals surface area contributed by atoms with Crippen LogP contribution in [0.15, 0.2) is 0 Å². The minimum atomic E-state index is -1.45.